The van der Waals surface area contributed by atoms with Gasteiger partial charge in [0.2, 0.25) is 5.78 Å². The van der Waals surface area contributed by atoms with E-state index in [1.165, 1.54) is 6.26 Å². The number of aromatic nitrogens is 3. The van der Waals surface area contributed by atoms with Crippen LogP contribution in [0.2, 0.25) is 0 Å². The smallest absolute Gasteiger partial charge is 0.252 e. The van der Waals surface area contributed by atoms with Crippen LogP contribution in [-0.2, 0) is 33.0 Å². The number of amides is 1. The number of furan rings is 1. The van der Waals surface area contributed by atoms with Crippen LogP contribution in [0.5, 0.6) is 0 Å². The van der Waals surface area contributed by atoms with Gasteiger partial charge in [-0.2, -0.15) is 5.10 Å². The van der Waals surface area contributed by atoms with Crippen molar-refractivity contribution < 1.29 is 14.0 Å². The molecule has 0 spiro atoms. The molecule has 0 fully saturated rings. The summed E-state index contributed by atoms with van der Waals surface area (Å²) in [5.74, 6) is 0.0929. The van der Waals surface area contributed by atoms with Gasteiger partial charge in [-0.3, -0.25) is 14.3 Å². The molecule has 2 aliphatic rings. The van der Waals surface area contributed by atoms with Gasteiger partial charge in [0, 0.05) is 59.3 Å². The van der Waals surface area contributed by atoms with Crippen molar-refractivity contribution in [1.29, 1.82) is 0 Å². The summed E-state index contributed by atoms with van der Waals surface area (Å²) >= 11 is 0. The Kier molecular flexibility index (Phi) is 4.04. The van der Waals surface area contributed by atoms with Crippen molar-refractivity contribution in [2.75, 3.05) is 0 Å². The number of carbonyl (C=O) groups is 2. The third kappa shape index (κ3) is 2.63. The highest BCUT2D eigenvalue weighted by molar-refractivity contribution is 6.21. The predicted molar refractivity (Wildman–Crippen MR) is 133 cm³/mol. The van der Waals surface area contributed by atoms with E-state index in [1.54, 1.807) is 12.1 Å². The molecule has 1 amide bonds. The topological polar surface area (TPSA) is 82.1 Å². The number of allylic oxidation sites excluding steroid dienone is 1. The van der Waals surface area contributed by atoms with Gasteiger partial charge in [-0.15, -0.1) is 6.58 Å². The van der Waals surface area contributed by atoms with Gasteiger partial charge in [0.1, 0.15) is 0 Å². The first-order chi connectivity index (χ1) is 17.1. The maximum Gasteiger partial charge on any atom is 0.252 e. The second kappa shape index (κ2) is 7.06. The van der Waals surface area contributed by atoms with Gasteiger partial charge in [0.25, 0.3) is 5.91 Å². The van der Waals surface area contributed by atoms with Crippen molar-refractivity contribution in [1.82, 2.24) is 19.7 Å². The Balaban J connectivity index is 1.62. The van der Waals surface area contributed by atoms with Gasteiger partial charge in [0.05, 0.1) is 23.0 Å². The Morgan fingerprint density at radius 1 is 1.23 bits per heavy atom. The molecule has 4 heterocycles. The van der Waals surface area contributed by atoms with E-state index in [0.29, 0.717) is 24.4 Å². The maximum atomic E-state index is 13.2. The Morgan fingerprint density at radius 2 is 2.11 bits per heavy atom. The van der Waals surface area contributed by atoms with Gasteiger partial charge >= 0.3 is 0 Å². The number of nitrogens with one attached hydrogen (secondary N) is 1. The van der Waals surface area contributed by atoms with E-state index in [0.717, 1.165) is 68.2 Å². The molecule has 0 radical (unpaired) electrons. The molecule has 1 aliphatic heterocycles. The molecule has 5 aromatic rings. The maximum absolute atomic E-state index is 13.2. The minimum Gasteiger partial charge on any atom is -0.461 e. The van der Waals surface area contributed by atoms with Crippen LogP contribution in [0.25, 0.3) is 32.9 Å². The number of hydrogen-bond donors (Lipinski definition) is 1. The van der Waals surface area contributed by atoms with Crippen molar-refractivity contribution in [3.63, 3.8) is 0 Å². The number of hydrogen-bond acceptors (Lipinski definition) is 4. The Bertz CT molecular complexity index is 1730. The molecule has 7 nitrogen and oxygen atoms in total. The average molecular weight is 463 g/mol. The van der Waals surface area contributed by atoms with Crippen LogP contribution in [0.1, 0.15) is 43.3 Å². The summed E-state index contributed by atoms with van der Waals surface area (Å²) in [6.07, 6.45) is 7.03. The zero-order chi connectivity index (χ0) is 23.8. The summed E-state index contributed by atoms with van der Waals surface area (Å²) in [6.45, 7) is 5.08. The van der Waals surface area contributed by atoms with Crippen LogP contribution in [0.3, 0.4) is 0 Å². The second-order valence-corrected chi connectivity index (χ2v) is 9.21. The summed E-state index contributed by atoms with van der Waals surface area (Å²) in [7, 11) is 1.92. The lowest BCUT2D eigenvalue weighted by molar-refractivity contribution is 0.0965. The van der Waals surface area contributed by atoms with Crippen LogP contribution in [0.15, 0.2) is 59.9 Å². The lowest BCUT2D eigenvalue weighted by Gasteiger charge is -2.21. The number of aryl methyl sites for hydroxylation is 3. The first kappa shape index (κ1) is 20.0. The van der Waals surface area contributed by atoms with Crippen LogP contribution in [-0.4, -0.2) is 26.0 Å². The van der Waals surface area contributed by atoms with Crippen LogP contribution >= 0.6 is 0 Å². The second-order valence-electron chi connectivity index (χ2n) is 9.21. The molecule has 3 aromatic heterocycles. The molecule has 0 atom stereocenters. The largest absolute Gasteiger partial charge is 0.461 e. The van der Waals surface area contributed by atoms with Crippen LogP contribution < -0.4 is 5.32 Å². The first-order valence-electron chi connectivity index (χ1n) is 11.7. The monoisotopic (exact) mass is 462 g/mol. The van der Waals surface area contributed by atoms with Crippen molar-refractivity contribution in [2.45, 2.75) is 25.9 Å². The number of nitrogens with zero attached hydrogens (tertiary/aromatic N) is 3. The Hall–Kier alpha value is -4.39. The summed E-state index contributed by atoms with van der Waals surface area (Å²) in [5.41, 5.74) is 8.63. The number of fused-ring (bicyclic) bond motifs is 10. The molecule has 7 heteroatoms. The Labute approximate surface area is 200 Å². The van der Waals surface area contributed by atoms with E-state index in [1.807, 2.05) is 42.2 Å². The van der Waals surface area contributed by atoms with Gasteiger partial charge in [-0.05, 0) is 54.3 Å². The summed E-state index contributed by atoms with van der Waals surface area (Å²) in [6, 6.07) is 9.17. The molecule has 1 aliphatic carbocycles. The average Bonchev–Trinajstić information content (AvgIpc) is 3.64. The molecule has 0 saturated carbocycles. The van der Waals surface area contributed by atoms with E-state index >= 15 is 0 Å². The number of ketones is 1. The van der Waals surface area contributed by atoms with Gasteiger partial charge in [-0.1, -0.05) is 6.08 Å². The molecule has 2 aromatic carbocycles. The Morgan fingerprint density at radius 3 is 2.91 bits per heavy atom. The van der Waals surface area contributed by atoms with Crippen molar-refractivity contribution in [3.05, 3.63) is 89.2 Å². The normalized spacial score (nSPS) is 14.1. The lowest BCUT2D eigenvalue weighted by atomic mass is 9.82. The van der Waals surface area contributed by atoms with E-state index < -0.39 is 0 Å². The summed E-state index contributed by atoms with van der Waals surface area (Å²) in [4.78, 5) is 26.3. The molecule has 0 bridgehead atoms. The standard InChI is InChI=1S/C28H22N4O3/c1-3-10-32-21-9-6-15(27(33)22-5-4-11-35-22)12-17(21)24-18-13-29-28(34)25(18)23-16(26(24)32)7-8-20-19(23)14-31(2)30-20/h3-6,9,11-12,14H,1,7-8,10,13H2,2H3,(H,29,34). The van der Waals surface area contributed by atoms with Gasteiger partial charge in [0.15, 0.2) is 5.76 Å². The van der Waals surface area contributed by atoms with Crippen molar-refractivity contribution in [2.24, 2.45) is 7.05 Å². The van der Waals surface area contributed by atoms with Crippen LogP contribution in [0, 0.1) is 0 Å². The van der Waals surface area contributed by atoms with E-state index in [9.17, 15) is 9.59 Å². The zero-order valence-electron chi connectivity index (χ0n) is 19.2. The highest BCUT2D eigenvalue weighted by Crippen LogP contribution is 2.46. The molecule has 35 heavy (non-hydrogen) atoms. The number of carbonyl (C=O) groups excluding carboxylic acids is 2. The SMILES string of the molecule is C=CCn1c2ccc(C(=O)c3ccco3)cc2c2c3c(c4c(c21)CCc1nn(C)cc1-4)C(=O)NC3. The van der Waals surface area contributed by atoms with E-state index in [4.69, 9.17) is 4.42 Å². The van der Waals surface area contributed by atoms with Gasteiger partial charge < -0.3 is 14.3 Å². The fourth-order valence-electron chi connectivity index (χ4n) is 5.93. The highest BCUT2D eigenvalue weighted by Gasteiger charge is 2.35. The number of benzene rings is 2. The molecular weight excluding hydrogens is 440 g/mol. The van der Waals surface area contributed by atoms with E-state index in [-0.39, 0.29) is 11.7 Å². The summed E-state index contributed by atoms with van der Waals surface area (Å²) < 4.78 is 9.45. The molecule has 0 saturated heterocycles. The summed E-state index contributed by atoms with van der Waals surface area (Å²) in [5, 5.41) is 9.71. The first-order valence-corrected chi connectivity index (χ1v) is 11.7. The molecule has 7 rings (SSSR count). The van der Waals surface area contributed by atoms with Crippen molar-refractivity contribution in [3.8, 4) is 11.1 Å². The molecular formula is C28H22N4O3. The fourth-order valence-corrected chi connectivity index (χ4v) is 5.93. The molecule has 0 unspecified atom stereocenters. The fraction of sp³-hybridized carbons (Fsp3) is 0.179. The quantitative estimate of drug-likeness (QED) is 0.314. The minimum absolute atomic E-state index is 0.0534. The zero-order valence-corrected chi connectivity index (χ0v) is 19.2. The highest BCUT2D eigenvalue weighted by atomic mass is 16.3. The third-order valence-corrected chi connectivity index (χ3v) is 7.26. The predicted octanol–water partition coefficient (Wildman–Crippen LogP) is 4.55. The van der Waals surface area contributed by atoms with Gasteiger partial charge in [-0.25, -0.2) is 0 Å². The van der Waals surface area contributed by atoms with Crippen molar-refractivity contribution >= 4 is 33.5 Å². The lowest BCUT2D eigenvalue weighted by Crippen LogP contribution is -2.15. The van der Waals surface area contributed by atoms with E-state index in [2.05, 4.69) is 21.6 Å². The molecule has 1 N–H and O–H groups in total. The molecule has 172 valence electrons. The number of rotatable bonds is 4. The third-order valence-electron chi connectivity index (χ3n) is 7.26. The minimum atomic E-state index is -0.162. The van der Waals surface area contributed by atoms with Crippen LogP contribution in [0.4, 0.5) is 0 Å².